The molecule has 0 aromatic heterocycles. The van der Waals surface area contributed by atoms with E-state index in [1.807, 2.05) is 0 Å². The molecule has 238 valence electrons. The van der Waals surface area contributed by atoms with Crippen LogP contribution in [0.2, 0.25) is 0 Å². The lowest BCUT2D eigenvalue weighted by Gasteiger charge is -2.49. The monoisotopic (exact) mass is 595 g/mol. The molecule has 2 saturated carbocycles. The van der Waals surface area contributed by atoms with E-state index in [-0.39, 0.29) is 36.6 Å². The van der Waals surface area contributed by atoms with Crippen molar-refractivity contribution < 1.29 is 69.6 Å². The molecule has 10 N–H and O–H groups in total. The quantitative estimate of drug-likeness (QED) is 0.135. The van der Waals surface area contributed by atoms with Crippen molar-refractivity contribution in [3.8, 4) is 0 Å². The highest BCUT2D eigenvalue weighted by atomic mass is 16.8. The predicted molar refractivity (Wildman–Crippen MR) is 137 cm³/mol. The molecule has 3 saturated heterocycles. The summed E-state index contributed by atoms with van der Waals surface area (Å²) in [7, 11) is 0. The number of aliphatic hydroxyl groups is 11. The van der Waals surface area contributed by atoms with Crippen LogP contribution < -0.4 is 0 Å². The van der Waals surface area contributed by atoms with Crippen molar-refractivity contribution in [1.82, 2.24) is 0 Å². The largest absolute Gasteiger partial charge is 0.427 e. The molecule has 2 aliphatic carbocycles. The van der Waals surface area contributed by atoms with Crippen LogP contribution in [0.25, 0.3) is 0 Å². The summed E-state index contributed by atoms with van der Waals surface area (Å²) in [4.78, 5) is 0. The summed E-state index contributed by atoms with van der Waals surface area (Å²) in [5, 5.41) is 93.5. The van der Waals surface area contributed by atoms with Crippen LogP contribution in [0.15, 0.2) is 0 Å². The summed E-state index contributed by atoms with van der Waals surface area (Å²) in [6.45, 7) is 0.849. The number of fused-ring (bicyclic) bond motifs is 1. The minimum atomic E-state index is -1.68. The normalized spacial score (nSPS) is 54.9. The smallest absolute Gasteiger partial charge is 0.187 e. The molecule has 5 aliphatic rings. The van der Waals surface area contributed by atoms with E-state index < -0.39 is 86.3 Å². The summed E-state index contributed by atoms with van der Waals surface area (Å²) in [5.74, 6) is -0.240. The van der Waals surface area contributed by atoms with Gasteiger partial charge in [-0.05, 0) is 39.0 Å². The number of hydrogen-bond donors (Lipinski definition) is 9. The maximum Gasteiger partial charge on any atom is 0.187 e. The summed E-state index contributed by atoms with van der Waals surface area (Å²) >= 11 is 0. The molecule has 16 unspecified atom stereocenters. The lowest BCUT2D eigenvalue weighted by atomic mass is 9.73. The molecule has 0 aromatic carbocycles. The second kappa shape index (κ2) is 13.2. The Labute approximate surface area is 238 Å². The maximum atomic E-state index is 11.0. The van der Waals surface area contributed by atoms with Gasteiger partial charge in [-0.3, -0.25) is 0 Å². The Morgan fingerprint density at radius 2 is 1.41 bits per heavy atom. The van der Waals surface area contributed by atoms with E-state index in [0.717, 1.165) is 0 Å². The third-order valence-electron chi connectivity index (χ3n) is 9.72. The van der Waals surface area contributed by atoms with E-state index >= 15 is 0 Å². The zero-order valence-corrected chi connectivity index (χ0v) is 23.2. The highest BCUT2D eigenvalue weighted by molar-refractivity contribution is 4.98. The molecule has 14 nitrogen and oxygen atoms in total. The van der Waals surface area contributed by atoms with Gasteiger partial charge in [0.2, 0.25) is 0 Å². The molecule has 3 aliphatic heterocycles. The molecular weight excluding hydrogens is 548 g/mol. The molecule has 5 fully saturated rings. The topological polar surface area (TPSA) is 232 Å². The minimum Gasteiger partial charge on any atom is -0.427 e. The minimum absolute atomic E-state index is 0.0497. The van der Waals surface area contributed by atoms with Gasteiger partial charge in [-0.2, -0.15) is 0 Å². The third kappa shape index (κ3) is 6.61. The van der Waals surface area contributed by atoms with Gasteiger partial charge in [0.05, 0.1) is 36.9 Å². The molecular formula is C27H47O14+. The lowest BCUT2D eigenvalue weighted by Crippen LogP contribution is -2.65. The van der Waals surface area contributed by atoms with Gasteiger partial charge < -0.3 is 69.6 Å². The Morgan fingerprint density at radius 1 is 0.707 bits per heavy atom. The van der Waals surface area contributed by atoms with Gasteiger partial charge in [-0.25, -0.2) is 0 Å². The zero-order chi connectivity index (χ0) is 29.6. The highest BCUT2D eigenvalue weighted by Gasteiger charge is 2.55. The second-order valence-corrected chi connectivity index (χ2v) is 12.5. The Hall–Kier alpha value is -0.560. The highest BCUT2D eigenvalue weighted by Crippen LogP contribution is 2.42. The Bertz CT molecular complexity index is 843. The lowest BCUT2D eigenvalue weighted by molar-refractivity contribution is -0.385. The van der Waals surface area contributed by atoms with Crippen LogP contribution >= 0.6 is 0 Å². The van der Waals surface area contributed by atoms with Gasteiger partial charge in [0.15, 0.2) is 24.8 Å². The first-order valence-corrected chi connectivity index (χ1v) is 14.9. The molecule has 16 atom stereocenters. The van der Waals surface area contributed by atoms with Crippen LogP contribution in [0.4, 0.5) is 0 Å². The zero-order valence-electron chi connectivity index (χ0n) is 23.2. The van der Waals surface area contributed by atoms with Crippen molar-refractivity contribution in [1.29, 1.82) is 0 Å². The van der Waals surface area contributed by atoms with Crippen LogP contribution in [0.1, 0.15) is 51.9 Å². The number of hydrogen-bond acceptors (Lipinski definition) is 13. The van der Waals surface area contributed by atoms with Crippen LogP contribution in [-0.4, -0.2) is 155 Å². The van der Waals surface area contributed by atoms with Gasteiger partial charge in [0.25, 0.3) is 0 Å². The van der Waals surface area contributed by atoms with Crippen molar-refractivity contribution in [2.24, 2.45) is 11.8 Å². The van der Waals surface area contributed by atoms with Crippen molar-refractivity contribution >= 4 is 0 Å². The van der Waals surface area contributed by atoms with Crippen LogP contribution in [0.5, 0.6) is 0 Å². The van der Waals surface area contributed by atoms with Crippen molar-refractivity contribution in [2.45, 2.75) is 150 Å². The van der Waals surface area contributed by atoms with Crippen LogP contribution in [0.3, 0.4) is 0 Å². The number of rotatable bonds is 6. The van der Waals surface area contributed by atoms with Gasteiger partial charge in [0.1, 0.15) is 48.8 Å². The number of aliphatic hydroxyl groups excluding tert-OH is 9. The van der Waals surface area contributed by atoms with Gasteiger partial charge in [-0.15, -0.1) is 0 Å². The molecule has 3 heterocycles. The molecule has 5 rings (SSSR count). The van der Waals surface area contributed by atoms with Crippen LogP contribution in [0, 0.1) is 11.8 Å². The molecule has 0 bridgehead atoms. The van der Waals surface area contributed by atoms with Crippen LogP contribution in [-0.2, 0) is 18.9 Å². The first-order valence-electron chi connectivity index (χ1n) is 14.9. The summed E-state index contributed by atoms with van der Waals surface area (Å²) in [6.07, 6.45) is -13.9. The van der Waals surface area contributed by atoms with Crippen molar-refractivity contribution in [2.75, 3.05) is 6.61 Å². The predicted octanol–water partition coefficient (Wildman–Crippen LogP) is -3.62. The van der Waals surface area contributed by atoms with E-state index in [0.29, 0.717) is 38.5 Å². The summed E-state index contributed by atoms with van der Waals surface area (Å²) in [6, 6.07) is 0. The average molecular weight is 596 g/mol. The fraction of sp³-hybridized carbons (Fsp3) is 1.00. The number of ether oxygens (including phenoxy) is 5. The van der Waals surface area contributed by atoms with E-state index in [9.17, 15) is 46.0 Å². The van der Waals surface area contributed by atoms with Gasteiger partial charge in [-0.1, -0.05) is 0 Å². The Kier molecular flexibility index (Phi) is 10.3. The fourth-order valence-corrected chi connectivity index (χ4v) is 7.24. The SMILES string of the molecule is CC1OC(OC2C(OC3CC4C(O)CC(O)CC4[OH+]C3C3CCC(O)CC3)OC(CO)C(O)C2O)C(O)C(O)C1O. The van der Waals surface area contributed by atoms with Crippen molar-refractivity contribution in [3.05, 3.63) is 0 Å². The van der Waals surface area contributed by atoms with Crippen molar-refractivity contribution in [3.63, 3.8) is 0 Å². The first kappa shape index (κ1) is 31.9. The molecule has 14 heteroatoms. The van der Waals surface area contributed by atoms with E-state index in [1.165, 1.54) is 6.92 Å². The Balaban J connectivity index is 1.39. The van der Waals surface area contributed by atoms with E-state index in [1.54, 1.807) is 0 Å². The van der Waals surface area contributed by atoms with Gasteiger partial charge in [0, 0.05) is 18.8 Å². The molecule has 0 aromatic rings. The molecule has 0 spiro atoms. The maximum absolute atomic E-state index is 11.0. The average Bonchev–Trinajstić information content (AvgIpc) is 2.94. The first-order chi connectivity index (χ1) is 19.5. The molecule has 0 radical (unpaired) electrons. The fourth-order valence-electron chi connectivity index (χ4n) is 7.24. The standard InChI is InChI=1S/C27H46O14/c1-10-19(32)21(34)23(36)26(37-10)41-25-22(35)20(33)18(9-28)40-27(25)39-17-8-14-15(31)6-13(30)7-16(14)38-24(17)11-2-4-12(29)5-3-11/h10-36H,2-9H2,1H3/p+1. The van der Waals surface area contributed by atoms with E-state index in [2.05, 4.69) is 0 Å². The third-order valence-corrected chi connectivity index (χ3v) is 9.72. The summed E-state index contributed by atoms with van der Waals surface area (Å²) in [5.41, 5.74) is 0. The van der Waals surface area contributed by atoms with E-state index in [4.69, 9.17) is 23.7 Å². The Morgan fingerprint density at radius 3 is 2.10 bits per heavy atom. The molecule has 0 amide bonds. The second-order valence-electron chi connectivity index (χ2n) is 12.5. The molecule has 41 heavy (non-hydrogen) atoms. The van der Waals surface area contributed by atoms with Gasteiger partial charge >= 0.3 is 0 Å². The summed E-state index contributed by atoms with van der Waals surface area (Å²) < 4.78 is 28.8.